The van der Waals surface area contributed by atoms with E-state index in [2.05, 4.69) is 16.8 Å². The van der Waals surface area contributed by atoms with Crippen LogP contribution in [0.25, 0.3) is 0 Å². The average Bonchev–Trinajstić information content (AvgIpc) is 2.63. The minimum absolute atomic E-state index is 0.159. The van der Waals surface area contributed by atoms with E-state index >= 15 is 0 Å². The Kier molecular flexibility index (Phi) is 4.53. The average molecular weight is 252 g/mol. The molecule has 1 aromatic heterocycles. The number of rotatable bonds is 3. The molecule has 18 heavy (non-hydrogen) atoms. The van der Waals surface area contributed by atoms with E-state index in [0.29, 0.717) is 5.56 Å². The third-order valence-corrected chi connectivity index (χ3v) is 3.80. The van der Waals surface area contributed by atoms with Crippen LogP contribution < -0.4 is 4.90 Å². The lowest BCUT2D eigenvalue weighted by molar-refractivity contribution is 0.281. The van der Waals surface area contributed by atoms with Gasteiger partial charge in [0.1, 0.15) is 11.6 Å². The Morgan fingerprint density at radius 2 is 2.28 bits per heavy atom. The molecule has 0 aliphatic carbocycles. The van der Waals surface area contributed by atoms with Gasteiger partial charge in [-0.15, -0.1) is 0 Å². The zero-order chi connectivity index (χ0) is 13.0. The van der Waals surface area contributed by atoms with Crippen molar-refractivity contribution in [3.05, 3.63) is 23.6 Å². The van der Waals surface area contributed by atoms with Crippen LogP contribution in [0.1, 0.15) is 38.2 Å². The van der Waals surface area contributed by atoms with Crippen molar-refractivity contribution < 1.29 is 9.50 Å². The van der Waals surface area contributed by atoms with Crippen molar-refractivity contribution >= 4 is 5.82 Å². The van der Waals surface area contributed by atoms with E-state index in [4.69, 9.17) is 0 Å². The van der Waals surface area contributed by atoms with Crippen molar-refractivity contribution in [1.82, 2.24) is 4.98 Å². The molecule has 1 aliphatic rings. The first-order valence-electron chi connectivity index (χ1n) is 6.74. The monoisotopic (exact) mass is 252 g/mol. The highest BCUT2D eigenvalue weighted by Crippen LogP contribution is 2.25. The van der Waals surface area contributed by atoms with Gasteiger partial charge >= 0.3 is 0 Å². The first kappa shape index (κ1) is 13.3. The molecule has 1 aliphatic heterocycles. The quantitative estimate of drug-likeness (QED) is 0.898. The van der Waals surface area contributed by atoms with E-state index in [1.807, 2.05) is 0 Å². The van der Waals surface area contributed by atoms with E-state index in [-0.39, 0.29) is 12.4 Å². The second-order valence-electron chi connectivity index (χ2n) is 4.99. The Labute approximate surface area is 108 Å². The molecule has 1 saturated heterocycles. The Hall–Kier alpha value is -1.16. The van der Waals surface area contributed by atoms with E-state index in [0.717, 1.165) is 37.7 Å². The maximum atomic E-state index is 13.1. The summed E-state index contributed by atoms with van der Waals surface area (Å²) in [6, 6.07) is 1.38. The molecule has 1 unspecified atom stereocenters. The molecule has 0 spiro atoms. The molecule has 100 valence electrons. The Morgan fingerprint density at radius 3 is 3.00 bits per heavy atom. The summed E-state index contributed by atoms with van der Waals surface area (Å²) in [6.07, 6.45) is 6.00. The summed E-state index contributed by atoms with van der Waals surface area (Å²) < 4.78 is 13.1. The molecular weight excluding hydrogens is 231 g/mol. The van der Waals surface area contributed by atoms with Crippen LogP contribution in [0.2, 0.25) is 0 Å². The Balaban J connectivity index is 2.15. The van der Waals surface area contributed by atoms with Crippen molar-refractivity contribution in [2.45, 2.75) is 39.2 Å². The molecule has 2 heterocycles. The Bertz CT molecular complexity index is 397. The zero-order valence-electron chi connectivity index (χ0n) is 10.9. The molecule has 4 heteroatoms. The molecule has 3 nitrogen and oxygen atoms in total. The molecule has 1 atom stereocenters. The van der Waals surface area contributed by atoms with Crippen molar-refractivity contribution in [3.8, 4) is 0 Å². The predicted octanol–water partition coefficient (Wildman–Crippen LogP) is 2.73. The lowest BCUT2D eigenvalue weighted by Gasteiger charge is -2.23. The summed E-state index contributed by atoms with van der Waals surface area (Å²) in [5.74, 6) is 1.15. The normalized spacial score (nSPS) is 20.8. The number of aliphatic hydroxyl groups excluding tert-OH is 1. The molecular formula is C14H21FN2O. The van der Waals surface area contributed by atoms with Gasteiger partial charge in [-0.1, -0.05) is 13.3 Å². The predicted molar refractivity (Wildman–Crippen MR) is 70.0 cm³/mol. The SMILES string of the molecule is CCC1CCCN(c2ncc(F)cc2CO)CC1. The highest BCUT2D eigenvalue weighted by atomic mass is 19.1. The minimum atomic E-state index is -0.385. The first-order valence-corrected chi connectivity index (χ1v) is 6.74. The van der Waals surface area contributed by atoms with Crippen LogP contribution >= 0.6 is 0 Å². The van der Waals surface area contributed by atoms with E-state index in [9.17, 15) is 9.50 Å². The number of hydrogen-bond donors (Lipinski definition) is 1. The van der Waals surface area contributed by atoms with Gasteiger partial charge in [-0.25, -0.2) is 9.37 Å². The van der Waals surface area contributed by atoms with E-state index in [1.165, 1.54) is 25.1 Å². The lowest BCUT2D eigenvalue weighted by Crippen LogP contribution is -2.26. The van der Waals surface area contributed by atoms with Gasteiger partial charge in [-0.05, 0) is 31.2 Å². The molecule has 0 aromatic carbocycles. The second kappa shape index (κ2) is 6.14. The van der Waals surface area contributed by atoms with Crippen molar-refractivity contribution in [2.24, 2.45) is 5.92 Å². The molecule has 1 fully saturated rings. The van der Waals surface area contributed by atoms with Crippen LogP contribution in [-0.4, -0.2) is 23.2 Å². The zero-order valence-corrected chi connectivity index (χ0v) is 10.9. The Morgan fingerprint density at radius 1 is 1.44 bits per heavy atom. The smallest absolute Gasteiger partial charge is 0.142 e. The fraction of sp³-hybridized carbons (Fsp3) is 0.643. The summed E-state index contributed by atoms with van der Waals surface area (Å²) in [5.41, 5.74) is 0.588. The van der Waals surface area contributed by atoms with Gasteiger partial charge in [0.2, 0.25) is 0 Å². The van der Waals surface area contributed by atoms with Crippen molar-refractivity contribution in [3.63, 3.8) is 0 Å². The fourth-order valence-electron chi connectivity index (χ4n) is 2.66. The molecule has 0 saturated carbocycles. The fourth-order valence-corrected chi connectivity index (χ4v) is 2.66. The highest BCUT2D eigenvalue weighted by Gasteiger charge is 2.19. The molecule has 1 N–H and O–H groups in total. The van der Waals surface area contributed by atoms with Crippen molar-refractivity contribution in [1.29, 1.82) is 0 Å². The van der Waals surface area contributed by atoms with Crippen LogP contribution in [0.15, 0.2) is 12.3 Å². The lowest BCUT2D eigenvalue weighted by atomic mass is 9.98. The van der Waals surface area contributed by atoms with Crippen LogP contribution in [0.4, 0.5) is 10.2 Å². The van der Waals surface area contributed by atoms with Crippen LogP contribution in [0.5, 0.6) is 0 Å². The van der Waals surface area contributed by atoms with Gasteiger partial charge in [-0.3, -0.25) is 0 Å². The van der Waals surface area contributed by atoms with Crippen molar-refractivity contribution in [2.75, 3.05) is 18.0 Å². The number of hydrogen-bond acceptors (Lipinski definition) is 3. The molecule has 0 bridgehead atoms. The summed E-state index contributed by atoms with van der Waals surface area (Å²) in [5, 5.41) is 9.31. The maximum absolute atomic E-state index is 13.1. The summed E-state index contributed by atoms with van der Waals surface area (Å²) in [4.78, 5) is 6.34. The summed E-state index contributed by atoms with van der Waals surface area (Å²) >= 11 is 0. The van der Waals surface area contributed by atoms with Crippen LogP contribution in [0.3, 0.4) is 0 Å². The summed E-state index contributed by atoms with van der Waals surface area (Å²) in [6.45, 7) is 3.97. The van der Waals surface area contributed by atoms with Gasteiger partial charge in [0.15, 0.2) is 0 Å². The maximum Gasteiger partial charge on any atom is 0.142 e. The minimum Gasteiger partial charge on any atom is -0.392 e. The third kappa shape index (κ3) is 2.99. The standard InChI is InChI=1S/C14H21FN2O/c1-2-11-4-3-6-17(7-5-11)14-12(10-18)8-13(15)9-16-14/h8-9,11,18H,2-7,10H2,1H3. The molecule has 0 radical (unpaired) electrons. The van der Waals surface area contributed by atoms with Gasteiger partial charge in [0.05, 0.1) is 12.8 Å². The first-order chi connectivity index (χ1) is 8.74. The van der Waals surface area contributed by atoms with Gasteiger partial charge in [0.25, 0.3) is 0 Å². The number of halogens is 1. The second-order valence-corrected chi connectivity index (χ2v) is 4.99. The largest absolute Gasteiger partial charge is 0.392 e. The number of nitrogens with zero attached hydrogens (tertiary/aromatic N) is 2. The number of pyridine rings is 1. The molecule has 1 aromatic rings. The van der Waals surface area contributed by atoms with E-state index in [1.54, 1.807) is 0 Å². The molecule has 2 rings (SSSR count). The van der Waals surface area contributed by atoms with Crippen LogP contribution in [0, 0.1) is 11.7 Å². The summed E-state index contributed by atoms with van der Waals surface area (Å²) in [7, 11) is 0. The number of anilines is 1. The van der Waals surface area contributed by atoms with E-state index < -0.39 is 0 Å². The molecule has 0 amide bonds. The van der Waals surface area contributed by atoms with Crippen LogP contribution in [-0.2, 0) is 6.61 Å². The number of aliphatic hydroxyl groups is 1. The topological polar surface area (TPSA) is 36.4 Å². The van der Waals surface area contributed by atoms with Gasteiger partial charge in [0, 0.05) is 18.7 Å². The number of aromatic nitrogens is 1. The van der Waals surface area contributed by atoms with Gasteiger partial charge in [-0.2, -0.15) is 0 Å². The van der Waals surface area contributed by atoms with Gasteiger partial charge < -0.3 is 10.0 Å². The third-order valence-electron chi connectivity index (χ3n) is 3.80. The highest BCUT2D eigenvalue weighted by molar-refractivity contribution is 5.46.